The van der Waals surface area contributed by atoms with Gasteiger partial charge in [0.2, 0.25) is 6.33 Å². The van der Waals surface area contributed by atoms with Crippen LogP contribution >= 0.6 is 11.6 Å². The van der Waals surface area contributed by atoms with E-state index in [9.17, 15) is 14.7 Å². The third-order valence-corrected chi connectivity index (χ3v) is 6.13. The van der Waals surface area contributed by atoms with Gasteiger partial charge in [-0.25, -0.2) is 4.57 Å². The number of Topliss-reactive ketones (excluding diaryl/α,β-unsaturated/α-hetero) is 1. The number of carbonyl (C=O) groups excluding carboxylic acids is 2. The Kier molecular flexibility index (Phi) is 7.41. The molecule has 0 bridgehead atoms. The number of aliphatic hydroxyl groups excluding tert-OH is 1. The maximum atomic E-state index is 13.2. The number of methoxy groups -OCH3 is 1. The van der Waals surface area contributed by atoms with Crippen LogP contribution in [0.3, 0.4) is 0 Å². The molecule has 0 saturated carbocycles. The molecule has 8 nitrogen and oxygen atoms in total. The number of nitrogens with zero attached hydrogens (tertiary/aromatic N) is 2. The normalized spacial score (nSPS) is 17.1. The Labute approximate surface area is 208 Å². The Balaban J connectivity index is 1.77. The highest BCUT2D eigenvalue weighted by atomic mass is 35.5. The zero-order valence-corrected chi connectivity index (χ0v) is 20.3. The summed E-state index contributed by atoms with van der Waals surface area (Å²) in [5.41, 5.74) is 1.06. The number of rotatable bonds is 9. The Morgan fingerprint density at radius 3 is 2.60 bits per heavy atom. The van der Waals surface area contributed by atoms with E-state index >= 15 is 0 Å². The molecule has 0 aliphatic carbocycles. The van der Waals surface area contributed by atoms with Crippen molar-refractivity contribution >= 4 is 29.1 Å². The second kappa shape index (κ2) is 10.7. The highest BCUT2D eigenvalue weighted by Gasteiger charge is 2.46. The Bertz CT molecular complexity index is 1240. The van der Waals surface area contributed by atoms with Crippen molar-refractivity contribution in [1.82, 2.24) is 9.88 Å². The van der Waals surface area contributed by atoms with Gasteiger partial charge in [0.1, 0.15) is 18.2 Å². The molecule has 1 atom stereocenters. The summed E-state index contributed by atoms with van der Waals surface area (Å²) < 4.78 is 13.1. The quantitative estimate of drug-likeness (QED) is 0.203. The van der Waals surface area contributed by atoms with E-state index < -0.39 is 17.7 Å². The van der Waals surface area contributed by atoms with Gasteiger partial charge >= 0.3 is 0 Å². The predicted octanol–water partition coefficient (Wildman–Crippen LogP) is 3.87. The SMILES string of the molecule is CCOc1ccc(C2/C(=C(\O)c3ccc(Cl)cc3)C(=O)C(=O)N2CCC[n+]2cc[nH]c2)cc1OC. The van der Waals surface area contributed by atoms with Crippen molar-refractivity contribution in [2.45, 2.75) is 25.9 Å². The number of amides is 1. The van der Waals surface area contributed by atoms with Crippen LogP contribution in [0.1, 0.15) is 30.5 Å². The van der Waals surface area contributed by atoms with Crippen molar-refractivity contribution in [3.05, 3.63) is 82.9 Å². The van der Waals surface area contributed by atoms with Crippen LogP contribution in [-0.2, 0) is 16.1 Å². The summed E-state index contributed by atoms with van der Waals surface area (Å²) >= 11 is 5.99. The van der Waals surface area contributed by atoms with E-state index in [-0.39, 0.29) is 11.3 Å². The number of H-pyrrole nitrogens is 1. The van der Waals surface area contributed by atoms with E-state index in [4.69, 9.17) is 21.1 Å². The highest BCUT2D eigenvalue weighted by Crippen LogP contribution is 2.42. The smallest absolute Gasteiger partial charge is 0.295 e. The summed E-state index contributed by atoms with van der Waals surface area (Å²) in [6.45, 7) is 3.31. The monoisotopic (exact) mass is 496 g/mol. The van der Waals surface area contributed by atoms with Gasteiger partial charge in [0, 0.05) is 23.6 Å². The molecule has 3 aromatic rings. The molecule has 4 rings (SSSR count). The molecule has 2 N–H and O–H groups in total. The Morgan fingerprint density at radius 1 is 1.17 bits per heavy atom. The lowest BCUT2D eigenvalue weighted by atomic mass is 9.95. The minimum atomic E-state index is -0.786. The van der Waals surface area contributed by atoms with E-state index in [1.54, 1.807) is 42.5 Å². The van der Waals surface area contributed by atoms with Crippen LogP contribution in [0, 0.1) is 0 Å². The Hall–Kier alpha value is -3.78. The minimum absolute atomic E-state index is 0.0258. The van der Waals surface area contributed by atoms with E-state index in [0.717, 1.165) is 0 Å². The van der Waals surface area contributed by atoms with Crippen LogP contribution in [0.15, 0.2) is 66.8 Å². The predicted molar refractivity (Wildman–Crippen MR) is 130 cm³/mol. The van der Waals surface area contributed by atoms with Crippen LogP contribution in [0.4, 0.5) is 0 Å². The number of ketones is 1. The lowest BCUT2D eigenvalue weighted by Gasteiger charge is -2.26. The molecule has 1 aliphatic rings. The number of benzene rings is 2. The first-order valence-corrected chi connectivity index (χ1v) is 11.7. The Morgan fingerprint density at radius 2 is 1.94 bits per heavy atom. The van der Waals surface area contributed by atoms with Gasteiger partial charge in [0.05, 0.1) is 31.9 Å². The van der Waals surface area contributed by atoms with Crippen LogP contribution in [0.5, 0.6) is 11.5 Å². The van der Waals surface area contributed by atoms with Crippen LogP contribution in [0.25, 0.3) is 5.76 Å². The summed E-state index contributed by atoms with van der Waals surface area (Å²) in [5, 5.41) is 11.7. The zero-order valence-electron chi connectivity index (χ0n) is 19.5. The van der Waals surface area contributed by atoms with Crippen molar-refractivity contribution in [3.63, 3.8) is 0 Å². The first kappa shape index (κ1) is 24.3. The number of aromatic amines is 1. The van der Waals surface area contributed by atoms with Crippen molar-refractivity contribution in [3.8, 4) is 11.5 Å². The number of halogens is 1. The fourth-order valence-electron chi connectivity index (χ4n) is 4.23. The molecule has 2 heterocycles. The first-order valence-electron chi connectivity index (χ1n) is 11.3. The summed E-state index contributed by atoms with van der Waals surface area (Å²) in [4.78, 5) is 30.8. The molecule has 1 fully saturated rings. The van der Waals surface area contributed by atoms with Gasteiger partial charge in [0.25, 0.3) is 11.7 Å². The van der Waals surface area contributed by atoms with E-state index in [1.165, 1.54) is 12.0 Å². The van der Waals surface area contributed by atoms with Crippen LogP contribution < -0.4 is 14.0 Å². The molecule has 0 radical (unpaired) electrons. The average molecular weight is 497 g/mol. The molecule has 0 spiro atoms. The van der Waals surface area contributed by atoms with Crippen LogP contribution in [-0.4, -0.2) is 46.9 Å². The van der Waals surface area contributed by atoms with Gasteiger partial charge in [-0.1, -0.05) is 17.7 Å². The number of ether oxygens (including phenoxy) is 2. The van der Waals surface area contributed by atoms with Crippen LogP contribution in [0.2, 0.25) is 5.02 Å². The molecular formula is C26H27ClN3O5+. The number of imidazole rings is 1. The number of aliphatic hydroxyl groups is 1. The fourth-order valence-corrected chi connectivity index (χ4v) is 4.36. The molecule has 1 aromatic heterocycles. The molecule has 2 aromatic carbocycles. The van der Waals surface area contributed by atoms with Gasteiger partial charge in [-0.3, -0.25) is 14.6 Å². The third-order valence-electron chi connectivity index (χ3n) is 5.88. The van der Waals surface area contributed by atoms with Gasteiger partial charge in [-0.2, -0.15) is 0 Å². The van der Waals surface area contributed by atoms with E-state index in [0.29, 0.717) is 53.8 Å². The first-order chi connectivity index (χ1) is 16.9. The van der Waals surface area contributed by atoms with E-state index in [1.807, 2.05) is 30.2 Å². The molecule has 1 saturated heterocycles. The van der Waals surface area contributed by atoms with Gasteiger partial charge in [-0.15, -0.1) is 0 Å². The minimum Gasteiger partial charge on any atom is -0.507 e. The van der Waals surface area contributed by atoms with Gasteiger partial charge < -0.3 is 19.5 Å². The number of likely N-dealkylation sites (tertiary alicyclic amines) is 1. The number of aromatic nitrogens is 2. The summed E-state index contributed by atoms with van der Waals surface area (Å²) in [6.07, 6.45) is 6.14. The summed E-state index contributed by atoms with van der Waals surface area (Å²) in [5.74, 6) is -0.607. The average Bonchev–Trinajstić information content (AvgIpc) is 3.47. The largest absolute Gasteiger partial charge is 0.507 e. The van der Waals surface area contributed by atoms with Crippen molar-refractivity contribution < 1.29 is 28.7 Å². The molecule has 9 heteroatoms. The number of nitrogens with one attached hydrogen (secondary N) is 1. The lowest BCUT2D eigenvalue weighted by molar-refractivity contribution is -0.695. The number of hydrogen-bond acceptors (Lipinski definition) is 5. The number of aryl methyl sites for hydroxylation is 1. The van der Waals surface area contributed by atoms with Crippen molar-refractivity contribution in [2.24, 2.45) is 0 Å². The molecular weight excluding hydrogens is 470 g/mol. The lowest BCUT2D eigenvalue weighted by Crippen LogP contribution is -2.36. The zero-order chi connectivity index (χ0) is 24.9. The molecule has 182 valence electrons. The number of carbonyl (C=O) groups is 2. The van der Waals surface area contributed by atoms with E-state index in [2.05, 4.69) is 4.98 Å². The topological polar surface area (TPSA) is 95.7 Å². The molecule has 1 unspecified atom stereocenters. The summed E-state index contributed by atoms with van der Waals surface area (Å²) in [7, 11) is 1.53. The maximum absolute atomic E-state index is 13.2. The van der Waals surface area contributed by atoms with Gasteiger partial charge in [-0.05, 0) is 48.9 Å². The highest BCUT2D eigenvalue weighted by molar-refractivity contribution is 6.46. The summed E-state index contributed by atoms with van der Waals surface area (Å²) in [6, 6.07) is 11.0. The van der Waals surface area contributed by atoms with Crippen molar-refractivity contribution in [1.29, 1.82) is 0 Å². The standard InChI is InChI=1S/C26H26ClN3O5/c1-3-35-20-10-7-18(15-21(20)34-2)23-22(24(31)17-5-8-19(27)9-6-17)25(32)26(33)30(23)13-4-12-29-14-11-28-16-29/h5-11,14-16,23H,3-4,12-13H2,1-2H3,(H,31,32)/p+1. The van der Waals surface area contributed by atoms with Gasteiger partial charge in [0.15, 0.2) is 11.5 Å². The second-order valence-electron chi connectivity index (χ2n) is 8.05. The maximum Gasteiger partial charge on any atom is 0.295 e. The molecule has 1 amide bonds. The fraction of sp³-hybridized carbons (Fsp3) is 0.269. The van der Waals surface area contributed by atoms with Crippen molar-refractivity contribution in [2.75, 3.05) is 20.3 Å². The second-order valence-corrected chi connectivity index (χ2v) is 8.48. The number of hydrogen-bond donors (Lipinski definition) is 2. The molecule has 1 aliphatic heterocycles. The molecule has 35 heavy (non-hydrogen) atoms. The third kappa shape index (κ3) is 5.02.